The van der Waals surface area contributed by atoms with E-state index in [1.165, 1.54) is 0 Å². The van der Waals surface area contributed by atoms with E-state index in [1.807, 2.05) is 54.6 Å². The minimum Gasteiger partial charge on any atom is -0.486 e. The normalized spacial score (nSPS) is 15.8. The molecule has 5 heteroatoms. The lowest BCUT2D eigenvalue weighted by Gasteiger charge is -2.26. The first-order chi connectivity index (χ1) is 12.3. The third-order valence-electron chi connectivity index (χ3n) is 4.21. The molecule has 0 unspecified atom stereocenters. The zero-order valence-corrected chi connectivity index (χ0v) is 13.6. The second-order valence-corrected chi connectivity index (χ2v) is 5.92. The topological polar surface area (TPSA) is 60.5 Å². The molecule has 1 aliphatic heterocycles. The summed E-state index contributed by atoms with van der Waals surface area (Å²) in [5.74, 6) is 1.42. The number of amides is 1. The van der Waals surface area contributed by atoms with Gasteiger partial charge in [-0.05, 0) is 30.3 Å². The van der Waals surface area contributed by atoms with Gasteiger partial charge in [-0.1, -0.05) is 24.3 Å². The molecule has 0 saturated heterocycles. The Morgan fingerprint density at radius 1 is 1.08 bits per heavy atom. The summed E-state index contributed by atoms with van der Waals surface area (Å²) < 4.78 is 11.6. The molecule has 126 valence electrons. The van der Waals surface area contributed by atoms with E-state index in [0.29, 0.717) is 25.1 Å². The molecule has 4 rings (SSSR count). The van der Waals surface area contributed by atoms with E-state index in [2.05, 4.69) is 10.3 Å². The van der Waals surface area contributed by atoms with Crippen LogP contribution in [0.15, 0.2) is 60.8 Å². The molecule has 0 spiro atoms. The highest BCUT2D eigenvalue weighted by molar-refractivity contribution is 6.06. The van der Waals surface area contributed by atoms with Crippen LogP contribution >= 0.6 is 0 Å². The zero-order valence-electron chi connectivity index (χ0n) is 13.6. The lowest BCUT2D eigenvalue weighted by molar-refractivity contribution is 0.0813. The second kappa shape index (κ2) is 6.81. The lowest BCUT2D eigenvalue weighted by Crippen LogP contribution is -2.34. The molecule has 0 fully saturated rings. The molecule has 2 aromatic carbocycles. The number of nitrogens with zero attached hydrogens (tertiary/aromatic N) is 1. The smallest absolute Gasteiger partial charge is 0.251 e. The number of ether oxygens (including phenoxy) is 2. The highest BCUT2D eigenvalue weighted by Gasteiger charge is 2.20. The molecule has 3 aromatic rings. The Bertz CT molecular complexity index is 905. The van der Waals surface area contributed by atoms with Gasteiger partial charge in [0.1, 0.15) is 12.7 Å². The van der Waals surface area contributed by atoms with Crippen molar-refractivity contribution in [2.24, 2.45) is 0 Å². The van der Waals surface area contributed by atoms with Gasteiger partial charge in [0.05, 0.1) is 5.52 Å². The molecule has 25 heavy (non-hydrogen) atoms. The summed E-state index contributed by atoms with van der Waals surface area (Å²) >= 11 is 0. The molecule has 0 saturated carbocycles. The van der Waals surface area contributed by atoms with E-state index in [-0.39, 0.29) is 12.0 Å². The fraction of sp³-hybridized carbons (Fsp3) is 0.200. The molecular weight excluding hydrogens is 316 g/mol. The number of fused-ring (bicyclic) bond motifs is 2. The average molecular weight is 334 g/mol. The number of carbonyl (C=O) groups is 1. The summed E-state index contributed by atoms with van der Waals surface area (Å²) in [6.07, 6.45) is 2.34. The predicted molar refractivity (Wildman–Crippen MR) is 95.0 cm³/mol. The van der Waals surface area contributed by atoms with Crippen LogP contribution in [0.4, 0.5) is 0 Å². The van der Waals surface area contributed by atoms with Crippen LogP contribution in [0.3, 0.4) is 0 Å². The Kier molecular flexibility index (Phi) is 4.21. The second-order valence-electron chi connectivity index (χ2n) is 5.92. The number of para-hydroxylation sites is 2. The van der Waals surface area contributed by atoms with Crippen LogP contribution in [0.1, 0.15) is 16.8 Å². The zero-order chi connectivity index (χ0) is 17.1. The standard InChI is InChI=1S/C20H18N2O3/c23-20(16-5-3-7-17-15(16)6-4-11-21-17)22-12-10-14-13-24-18-8-1-2-9-19(18)25-14/h1-9,11,14H,10,12-13H2,(H,22,23)/t14-/m1/s1. The maximum Gasteiger partial charge on any atom is 0.251 e. The van der Waals surface area contributed by atoms with Gasteiger partial charge >= 0.3 is 0 Å². The van der Waals surface area contributed by atoms with E-state index < -0.39 is 0 Å². The summed E-state index contributed by atoms with van der Waals surface area (Å²) in [7, 11) is 0. The van der Waals surface area contributed by atoms with Crippen molar-refractivity contribution in [3.8, 4) is 11.5 Å². The molecule has 1 amide bonds. The van der Waals surface area contributed by atoms with Gasteiger partial charge < -0.3 is 14.8 Å². The molecular formula is C20H18N2O3. The SMILES string of the molecule is O=C(NCC[C@@H]1COc2ccccc2O1)c1cccc2ncccc12. The Hall–Kier alpha value is -3.08. The summed E-state index contributed by atoms with van der Waals surface area (Å²) in [5, 5.41) is 3.82. The van der Waals surface area contributed by atoms with Gasteiger partial charge in [0.25, 0.3) is 5.91 Å². The van der Waals surface area contributed by atoms with Crippen molar-refractivity contribution in [2.75, 3.05) is 13.2 Å². The van der Waals surface area contributed by atoms with E-state index in [0.717, 1.165) is 22.4 Å². The van der Waals surface area contributed by atoms with Crippen molar-refractivity contribution in [1.82, 2.24) is 10.3 Å². The predicted octanol–water partition coefficient (Wildman–Crippen LogP) is 3.19. The minimum atomic E-state index is -0.101. The van der Waals surface area contributed by atoms with Crippen LogP contribution in [0.5, 0.6) is 11.5 Å². The first-order valence-corrected chi connectivity index (χ1v) is 8.32. The molecule has 0 aliphatic carbocycles. The minimum absolute atomic E-state index is 0.0654. The van der Waals surface area contributed by atoms with Gasteiger partial charge in [-0.15, -0.1) is 0 Å². The molecule has 5 nitrogen and oxygen atoms in total. The monoisotopic (exact) mass is 334 g/mol. The van der Waals surface area contributed by atoms with Crippen molar-refractivity contribution >= 4 is 16.8 Å². The summed E-state index contributed by atoms with van der Waals surface area (Å²) in [4.78, 5) is 16.8. The summed E-state index contributed by atoms with van der Waals surface area (Å²) in [6.45, 7) is 1.01. The largest absolute Gasteiger partial charge is 0.486 e. The number of nitrogens with one attached hydrogen (secondary N) is 1. The van der Waals surface area contributed by atoms with Crippen LogP contribution < -0.4 is 14.8 Å². The number of pyridine rings is 1. The van der Waals surface area contributed by atoms with Crippen LogP contribution in [-0.2, 0) is 0 Å². The first-order valence-electron chi connectivity index (χ1n) is 8.32. The molecule has 1 aromatic heterocycles. The Balaban J connectivity index is 1.37. The van der Waals surface area contributed by atoms with Crippen LogP contribution in [0.25, 0.3) is 10.9 Å². The third kappa shape index (κ3) is 3.26. The van der Waals surface area contributed by atoms with Gasteiger partial charge in [-0.2, -0.15) is 0 Å². The maximum atomic E-state index is 12.5. The number of aromatic nitrogens is 1. The molecule has 1 N–H and O–H groups in total. The maximum absolute atomic E-state index is 12.5. The van der Waals surface area contributed by atoms with E-state index in [9.17, 15) is 4.79 Å². The van der Waals surface area contributed by atoms with Crippen LogP contribution in [0, 0.1) is 0 Å². The molecule has 2 heterocycles. The Morgan fingerprint density at radius 2 is 1.96 bits per heavy atom. The van der Waals surface area contributed by atoms with E-state index in [1.54, 1.807) is 6.20 Å². The van der Waals surface area contributed by atoms with E-state index >= 15 is 0 Å². The van der Waals surface area contributed by atoms with Gasteiger partial charge in [-0.3, -0.25) is 9.78 Å². The van der Waals surface area contributed by atoms with Crippen molar-refractivity contribution < 1.29 is 14.3 Å². The highest BCUT2D eigenvalue weighted by Crippen LogP contribution is 2.31. The van der Waals surface area contributed by atoms with E-state index in [4.69, 9.17) is 9.47 Å². The third-order valence-corrected chi connectivity index (χ3v) is 4.21. The number of benzene rings is 2. The molecule has 1 aliphatic rings. The average Bonchev–Trinajstić information content (AvgIpc) is 2.67. The quantitative estimate of drug-likeness (QED) is 0.796. The number of hydrogen-bond donors (Lipinski definition) is 1. The first kappa shape index (κ1) is 15.4. The van der Waals surface area contributed by atoms with Gasteiger partial charge in [0.2, 0.25) is 0 Å². The summed E-state index contributed by atoms with van der Waals surface area (Å²) in [6, 6.07) is 16.9. The highest BCUT2D eigenvalue weighted by atomic mass is 16.6. The fourth-order valence-corrected chi connectivity index (χ4v) is 2.95. The Morgan fingerprint density at radius 3 is 2.88 bits per heavy atom. The molecule has 0 bridgehead atoms. The van der Waals surface area contributed by atoms with Gasteiger partial charge in [0, 0.05) is 30.1 Å². The van der Waals surface area contributed by atoms with Crippen LogP contribution in [-0.4, -0.2) is 30.1 Å². The van der Waals surface area contributed by atoms with Crippen molar-refractivity contribution in [2.45, 2.75) is 12.5 Å². The fourth-order valence-electron chi connectivity index (χ4n) is 2.95. The van der Waals surface area contributed by atoms with Gasteiger partial charge in [0.15, 0.2) is 11.5 Å². The summed E-state index contributed by atoms with van der Waals surface area (Å²) in [5.41, 5.74) is 1.45. The van der Waals surface area contributed by atoms with Crippen LogP contribution in [0.2, 0.25) is 0 Å². The number of rotatable bonds is 4. The van der Waals surface area contributed by atoms with Crippen molar-refractivity contribution in [3.63, 3.8) is 0 Å². The Labute approximate surface area is 145 Å². The molecule has 1 atom stereocenters. The lowest BCUT2D eigenvalue weighted by atomic mass is 10.1. The van der Waals surface area contributed by atoms with Crippen molar-refractivity contribution in [3.05, 3.63) is 66.4 Å². The number of carbonyl (C=O) groups excluding carboxylic acids is 1. The number of hydrogen-bond acceptors (Lipinski definition) is 4. The molecule has 0 radical (unpaired) electrons. The van der Waals surface area contributed by atoms with Crippen molar-refractivity contribution in [1.29, 1.82) is 0 Å². The van der Waals surface area contributed by atoms with Gasteiger partial charge in [-0.25, -0.2) is 0 Å².